The third-order valence-electron chi connectivity index (χ3n) is 3.52. The molecule has 1 aromatic carbocycles. The number of benzene rings is 1. The van der Waals surface area contributed by atoms with Crippen molar-refractivity contribution in [1.29, 1.82) is 0 Å². The summed E-state index contributed by atoms with van der Waals surface area (Å²) in [6.45, 7) is 6.23. The molecule has 1 aromatic rings. The quantitative estimate of drug-likeness (QED) is 0.814. The van der Waals surface area contributed by atoms with Gasteiger partial charge >= 0.3 is 0 Å². The fourth-order valence-corrected chi connectivity index (χ4v) is 1.74. The second-order valence-electron chi connectivity index (χ2n) is 4.66. The Morgan fingerprint density at radius 2 is 1.72 bits per heavy atom. The van der Waals surface area contributed by atoms with Crippen molar-refractivity contribution in [1.82, 2.24) is 5.32 Å². The molecule has 0 aliphatic heterocycles. The van der Waals surface area contributed by atoms with Crippen molar-refractivity contribution < 1.29 is 9.90 Å². The number of hydrogen-bond donors (Lipinski definition) is 2. The second-order valence-corrected chi connectivity index (χ2v) is 4.66. The monoisotopic (exact) mass is 249 g/mol. The van der Waals surface area contributed by atoms with Crippen molar-refractivity contribution in [3.8, 4) is 0 Å². The lowest BCUT2D eigenvalue weighted by Gasteiger charge is -2.25. The van der Waals surface area contributed by atoms with Gasteiger partial charge in [-0.25, -0.2) is 0 Å². The fourth-order valence-electron chi connectivity index (χ4n) is 1.74. The first-order valence-corrected chi connectivity index (χ1v) is 6.64. The molecule has 0 aliphatic rings. The highest BCUT2D eigenvalue weighted by Crippen LogP contribution is 2.13. The van der Waals surface area contributed by atoms with Gasteiger partial charge in [-0.15, -0.1) is 0 Å². The van der Waals surface area contributed by atoms with Crippen molar-refractivity contribution in [3.63, 3.8) is 0 Å². The van der Waals surface area contributed by atoms with Gasteiger partial charge in [0.25, 0.3) is 5.91 Å². The highest BCUT2D eigenvalue weighted by Gasteiger charge is 2.22. The summed E-state index contributed by atoms with van der Waals surface area (Å²) in [6.07, 6.45) is 2.24. The summed E-state index contributed by atoms with van der Waals surface area (Å²) in [5.74, 6) is -0.127. The van der Waals surface area contributed by atoms with Crippen LogP contribution < -0.4 is 5.32 Å². The Labute approximate surface area is 109 Å². The number of rotatable bonds is 6. The molecule has 18 heavy (non-hydrogen) atoms. The van der Waals surface area contributed by atoms with Crippen LogP contribution in [-0.4, -0.2) is 23.2 Å². The van der Waals surface area contributed by atoms with Crippen LogP contribution in [0.25, 0.3) is 0 Å². The molecule has 3 heteroatoms. The summed E-state index contributed by atoms with van der Waals surface area (Å²) in [5, 5.41) is 12.9. The molecule has 3 nitrogen and oxygen atoms in total. The van der Waals surface area contributed by atoms with Gasteiger partial charge in [0.15, 0.2) is 0 Å². The van der Waals surface area contributed by atoms with Gasteiger partial charge in [-0.2, -0.15) is 0 Å². The predicted molar refractivity (Wildman–Crippen MR) is 73.7 cm³/mol. The van der Waals surface area contributed by atoms with E-state index < -0.39 is 5.60 Å². The molecule has 0 atom stereocenters. The first-order chi connectivity index (χ1) is 8.54. The number of carbonyl (C=O) groups excluding carboxylic acids is 1. The van der Waals surface area contributed by atoms with Gasteiger partial charge < -0.3 is 10.4 Å². The van der Waals surface area contributed by atoms with E-state index in [9.17, 15) is 9.90 Å². The van der Waals surface area contributed by atoms with E-state index in [1.807, 2.05) is 38.1 Å². The van der Waals surface area contributed by atoms with Crippen LogP contribution in [0.3, 0.4) is 0 Å². The van der Waals surface area contributed by atoms with E-state index in [1.165, 1.54) is 5.56 Å². The first kappa shape index (κ1) is 14.7. The number of amides is 1. The van der Waals surface area contributed by atoms with E-state index in [-0.39, 0.29) is 5.91 Å². The van der Waals surface area contributed by atoms with E-state index in [2.05, 4.69) is 12.2 Å². The smallest absolute Gasteiger partial charge is 0.251 e. The third kappa shape index (κ3) is 3.84. The topological polar surface area (TPSA) is 49.3 Å². The highest BCUT2D eigenvalue weighted by atomic mass is 16.3. The van der Waals surface area contributed by atoms with Crippen molar-refractivity contribution in [2.24, 2.45) is 0 Å². The average molecular weight is 249 g/mol. The van der Waals surface area contributed by atoms with Crippen LogP contribution in [-0.2, 0) is 6.42 Å². The van der Waals surface area contributed by atoms with Crippen LogP contribution >= 0.6 is 0 Å². The summed E-state index contributed by atoms with van der Waals surface area (Å²) in [4.78, 5) is 11.9. The number of aryl methyl sites for hydroxylation is 1. The Morgan fingerprint density at radius 3 is 2.17 bits per heavy atom. The molecule has 0 radical (unpaired) electrons. The molecule has 0 unspecified atom stereocenters. The minimum Gasteiger partial charge on any atom is -0.388 e. The Bertz CT molecular complexity index is 380. The van der Waals surface area contributed by atoms with Gasteiger partial charge in [0, 0.05) is 12.1 Å². The molecule has 0 saturated heterocycles. The van der Waals surface area contributed by atoms with Gasteiger partial charge in [-0.3, -0.25) is 4.79 Å². The second kappa shape index (κ2) is 6.55. The molecule has 0 bridgehead atoms. The Morgan fingerprint density at radius 1 is 1.17 bits per heavy atom. The molecule has 0 saturated carbocycles. The zero-order valence-electron chi connectivity index (χ0n) is 11.5. The van der Waals surface area contributed by atoms with E-state index in [0.29, 0.717) is 24.9 Å². The van der Waals surface area contributed by atoms with E-state index in [0.717, 1.165) is 6.42 Å². The molecule has 0 aromatic heterocycles. The number of carbonyl (C=O) groups is 1. The van der Waals surface area contributed by atoms with Gasteiger partial charge in [0.05, 0.1) is 5.60 Å². The Kier molecular flexibility index (Phi) is 5.35. The van der Waals surface area contributed by atoms with E-state index in [4.69, 9.17) is 0 Å². The minimum atomic E-state index is -0.793. The molecular formula is C15H23NO2. The fraction of sp³-hybridized carbons (Fsp3) is 0.533. The van der Waals surface area contributed by atoms with Crippen molar-refractivity contribution >= 4 is 5.91 Å². The zero-order valence-corrected chi connectivity index (χ0v) is 11.5. The van der Waals surface area contributed by atoms with E-state index in [1.54, 1.807) is 0 Å². The lowest BCUT2D eigenvalue weighted by Crippen LogP contribution is -2.42. The first-order valence-electron chi connectivity index (χ1n) is 6.64. The molecule has 1 amide bonds. The largest absolute Gasteiger partial charge is 0.388 e. The molecule has 100 valence electrons. The number of hydrogen-bond acceptors (Lipinski definition) is 2. The summed E-state index contributed by atoms with van der Waals surface area (Å²) in [6, 6.07) is 7.57. The third-order valence-corrected chi connectivity index (χ3v) is 3.52. The van der Waals surface area contributed by atoms with Crippen LogP contribution in [0.2, 0.25) is 0 Å². The van der Waals surface area contributed by atoms with Crippen LogP contribution in [0.5, 0.6) is 0 Å². The summed E-state index contributed by atoms with van der Waals surface area (Å²) in [5.41, 5.74) is 1.06. The lowest BCUT2D eigenvalue weighted by molar-refractivity contribution is 0.0314. The molecule has 0 aliphatic carbocycles. The maximum Gasteiger partial charge on any atom is 0.251 e. The molecular weight excluding hydrogens is 226 g/mol. The van der Waals surface area contributed by atoms with Crippen LogP contribution in [0, 0.1) is 0 Å². The normalized spacial score (nSPS) is 11.3. The molecule has 0 spiro atoms. The number of nitrogens with one attached hydrogen (secondary N) is 1. The van der Waals surface area contributed by atoms with Crippen molar-refractivity contribution in [2.45, 2.75) is 45.6 Å². The standard InChI is InChI=1S/C15H23NO2/c1-4-12-7-9-13(10-8-12)14(17)16-11-15(18,5-2)6-3/h7-10,18H,4-6,11H2,1-3H3,(H,16,17). The van der Waals surface area contributed by atoms with Crippen molar-refractivity contribution in [2.75, 3.05) is 6.54 Å². The molecule has 1 rings (SSSR count). The summed E-state index contributed by atoms with van der Waals surface area (Å²) >= 11 is 0. The minimum absolute atomic E-state index is 0.127. The SMILES string of the molecule is CCc1ccc(C(=O)NCC(O)(CC)CC)cc1. The molecule has 0 fully saturated rings. The Hall–Kier alpha value is -1.35. The van der Waals surface area contributed by atoms with Gasteiger partial charge in [-0.1, -0.05) is 32.9 Å². The molecule has 0 heterocycles. The van der Waals surface area contributed by atoms with Crippen LogP contribution in [0.4, 0.5) is 0 Å². The van der Waals surface area contributed by atoms with Gasteiger partial charge in [0.2, 0.25) is 0 Å². The molecule has 2 N–H and O–H groups in total. The lowest BCUT2D eigenvalue weighted by atomic mass is 9.97. The Balaban J connectivity index is 2.59. The summed E-state index contributed by atoms with van der Waals surface area (Å²) < 4.78 is 0. The number of aliphatic hydroxyl groups is 1. The average Bonchev–Trinajstić information content (AvgIpc) is 2.44. The predicted octanol–water partition coefficient (Wildman–Crippen LogP) is 2.53. The van der Waals surface area contributed by atoms with Crippen LogP contribution in [0.15, 0.2) is 24.3 Å². The van der Waals surface area contributed by atoms with Crippen molar-refractivity contribution in [3.05, 3.63) is 35.4 Å². The van der Waals surface area contributed by atoms with Gasteiger partial charge in [-0.05, 0) is 37.0 Å². The zero-order chi connectivity index (χ0) is 13.6. The maximum atomic E-state index is 11.9. The van der Waals surface area contributed by atoms with Crippen LogP contribution in [0.1, 0.15) is 49.5 Å². The van der Waals surface area contributed by atoms with E-state index >= 15 is 0 Å². The maximum absolute atomic E-state index is 11.9. The summed E-state index contributed by atoms with van der Waals surface area (Å²) in [7, 11) is 0. The highest BCUT2D eigenvalue weighted by molar-refractivity contribution is 5.94. The van der Waals surface area contributed by atoms with Gasteiger partial charge in [0.1, 0.15) is 0 Å².